The fraction of sp³-hybridized carbons (Fsp3) is 0.318. The average Bonchev–Trinajstić information content (AvgIpc) is 3.42. The molecule has 2 aromatic heterocycles. The quantitative estimate of drug-likeness (QED) is 0.211. The number of benzene rings is 1. The zero-order valence-electron chi connectivity index (χ0n) is 17.5. The minimum Gasteiger partial charge on any atom is -0.469 e. The predicted octanol–water partition coefficient (Wildman–Crippen LogP) is 5.68. The Bertz CT molecular complexity index is 1020. The average molecular weight is 476 g/mol. The van der Waals surface area contributed by atoms with Crippen molar-refractivity contribution in [2.45, 2.75) is 37.6 Å². The number of para-hydroxylation sites is 1. The number of ether oxygens (including phenoxy) is 1. The zero-order valence-corrected chi connectivity index (χ0v) is 19.9. The van der Waals surface area contributed by atoms with Gasteiger partial charge in [0, 0.05) is 27.4 Å². The topological polar surface area (TPSA) is 80.3 Å². The molecule has 3 rings (SSSR count). The number of methoxy groups -OCH3 is 1. The number of nitrogens with one attached hydrogen (secondary N) is 2. The molecule has 0 radical (unpaired) electrons. The molecule has 0 aliphatic heterocycles. The monoisotopic (exact) mass is 475 g/mol. The van der Waals surface area contributed by atoms with Crippen LogP contribution in [0.4, 0.5) is 10.8 Å². The van der Waals surface area contributed by atoms with Gasteiger partial charge in [-0.1, -0.05) is 25.5 Å². The van der Waals surface area contributed by atoms with E-state index in [0.29, 0.717) is 22.2 Å². The fourth-order valence-electron chi connectivity index (χ4n) is 2.67. The standard InChI is InChI=1S/C22H25N3O3S3/c1-3-4-11-29-18-8-6-5-7-17(18)23-13-16-9-10-19(31-16)21(27)25-22-24-15(14-30-22)12-20(26)28-2/h5-10,14,23H,3-4,11-13H2,1-2H3,(H,24,25,27). The van der Waals surface area contributed by atoms with Gasteiger partial charge in [-0.25, -0.2) is 4.98 Å². The van der Waals surface area contributed by atoms with Gasteiger partial charge in [0.1, 0.15) is 0 Å². The highest BCUT2D eigenvalue weighted by molar-refractivity contribution is 7.99. The summed E-state index contributed by atoms with van der Waals surface area (Å²) < 4.78 is 4.64. The lowest BCUT2D eigenvalue weighted by Crippen LogP contribution is -2.10. The van der Waals surface area contributed by atoms with E-state index >= 15 is 0 Å². The van der Waals surface area contributed by atoms with Crippen LogP contribution in [0.5, 0.6) is 0 Å². The zero-order chi connectivity index (χ0) is 22.1. The first-order valence-electron chi connectivity index (χ1n) is 9.96. The van der Waals surface area contributed by atoms with E-state index < -0.39 is 0 Å². The number of carbonyl (C=O) groups excluding carboxylic acids is 2. The number of amides is 1. The lowest BCUT2D eigenvalue weighted by Gasteiger charge is -2.10. The second-order valence-electron chi connectivity index (χ2n) is 6.67. The highest BCUT2D eigenvalue weighted by Gasteiger charge is 2.13. The van der Waals surface area contributed by atoms with Gasteiger partial charge in [0.15, 0.2) is 5.13 Å². The third-order valence-electron chi connectivity index (χ3n) is 4.31. The number of esters is 1. The molecule has 0 spiro atoms. The van der Waals surface area contributed by atoms with Crippen LogP contribution in [-0.4, -0.2) is 29.7 Å². The van der Waals surface area contributed by atoms with Gasteiger partial charge in [0.05, 0.1) is 24.1 Å². The van der Waals surface area contributed by atoms with Gasteiger partial charge in [-0.2, -0.15) is 0 Å². The Morgan fingerprint density at radius 1 is 1.19 bits per heavy atom. The predicted molar refractivity (Wildman–Crippen MR) is 130 cm³/mol. The largest absolute Gasteiger partial charge is 0.469 e. The molecule has 0 bridgehead atoms. The molecule has 0 aliphatic rings. The molecular weight excluding hydrogens is 450 g/mol. The van der Waals surface area contributed by atoms with Crippen molar-refractivity contribution < 1.29 is 14.3 Å². The van der Waals surface area contributed by atoms with E-state index in [-0.39, 0.29) is 18.3 Å². The van der Waals surface area contributed by atoms with Crippen LogP contribution in [0.25, 0.3) is 0 Å². The van der Waals surface area contributed by atoms with Crippen LogP contribution in [0.1, 0.15) is 40.0 Å². The number of anilines is 2. The molecule has 0 saturated carbocycles. The van der Waals surface area contributed by atoms with Crippen LogP contribution in [0.2, 0.25) is 0 Å². The SMILES string of the molecule is CCCCSc1ccccc1NCc1ccc(C(=O)Nc2nc(CC(=O)OC)cs2)s1. The minimum atomic E-state index is -0.357. The normalized spacial score (nSPS) is 10.6. The molecule has 2 heterocycles. The van der Waals surface area contributed by atoms with Crippen molar-refractivity contribution >= 4 is 57.1 Å². The van der Waals surface area contributed by atoms with E-state index in [1.807, 2.05) is 30.0 Å². The summed E-state index contributed by atoms with van der Waals surface area (Å²) >= 11 is 4.60. The Hall–Kier alpha value is -2.36. The Balaban J connectivity index is 1.55. The Labute approximate surface area is 194 Å². The maximum atomic E-state index is 12.5. The first-order chi connectivity index (χ1) is 15.1. The van der Waals surface area contributed by atoms with Gasteiger partial charge in [-0.15, -0.1) is 34.4 Å². The molecule has 6 nitrogen and oxygen atoms in total. The highest BCUT2D eigenvalue weighted by Crippen LogP contribution is 2.29. The number of carbonyl (C=O) groups is 2. The van der Waals surface area contributed by atoms with Crippen LogP contribution >= 0.6 is 34.4 Å². The van der Waals surface area contributed by atoms with E-state index in [9.17, 15) is 9.59 Å². The summed E-state index contributed by atoms with van der Waals surface area (Å²) in [6.45, 7) is 2.86. The molecule has 3 aromatic rings. The molecular formula is C22H25N3O3S3. The summed E-state index contributed by atoms with van der Waals surface area (Å²) in [6, 6.07) is 12.1. The van der Waals surface area contributed by atoms with E-state index in [4.69, 9.17) is 0 Å². The lowest BCUT2D eigenvalue weighted by molar-refractivity contribution is -0.139. The Morgan fingerprint density at radius 2 is 2.03 bits per heavy atom. The van der Waals surface area contributed by atoms with Crippen molar-refractivity contribution in [3.05, 3.63) is 57.2 Å². The number of thiophene rings is 1. The molecule has 9 heteroatoms. The van der Waals surface area contributed by atoms with Crippen molar-refractivity contribution in [2.75, 3.05) is 23.5 Å². The first kappa shape index (κ1) is 23.3. The summed E-state index contributed by atoms with van der Waals surface area (Å²) in [4.78, 5) is 31.1. The van der Waals surface area contributed by atoms with Crippen LogP contribution in [0.3, 0.4) is 0 Å². The van der Waals surface area contributed by atoms with Crippen molar-refractivity contribution in [1.29, 1.82) is 0 Å². The van der Waals surface area contributed by atoms with Crippen LogP contribution in [-0.2, 0) is 22.5 Å². The molecule has 0 saturated heterocycles. The van der Waals surface area contributed by atoms with Crippen LogP contribution in [0, 0.1) is 0 Å². The summed E-state index contributed by atoms with van der Waals surface area (Å²) in [5.74, 6) is 0.547. The van der Waals surface area contributed by atoms with Crippen molar-refractivity contribution in [1.82, 2.24) is 4.98 Å². The van der Waals surface area contributed by atoms with Gasteiger partial charge >= 0.3 is 5.97 Å². The van der Waals surface area contributed by atoms with Crippen LogP contribution < -0.4 is 10.6 Å². The van der Waals surface area contributed by atoms with Crippen molar-refractivity contribution in [3.63, 3.8) is 0 Å². The molecule has 164 valence electrons. The van der Waals surface area contributed by atoms with Gasteiger partial charge in [-0.3, -0.25) is 14.9 Å². The number of thioether (sulfide) groups is 1. The molecule has 31 heavy (non-hydrogen) atoms. The second-order valence-corrected chi connectivity index (χ2v) is 9.83. The molecule has 2 N–H and O–H groups in total. The smallest absolute Gasteiger partial charge is 0.311 e. The van der Waals surface area contributed by atoms with E-state index in [2.05, 4.69) is 45.5 Å². The third kappa shape index (κ3) is 7.09. The van der Waals surface area contributed by atoms with E-state index in [1.165, 1.54) is 47.5 Å². The number of thiazole rings is 1. The number of hydrogen-bond donors (Lipinski definition) is 2. The Kier molecular flexibility index (Phi) is 8.93. The molecule has 0 aliphatic carbocycles. The fourth-order valence-corrected chi connectivity index (χ4v) is 5.34. The van der Waals surface area contributed by atoms with Crippen LogP contribution in [0.15, 0.2) is 46.7 Å². The van der Waals surface area contributed by atoms with Gasteiger partial charge in [-0.05, 0) is 36.4 Å². The van der Waals surface area contributed by atoms with Gasteiger partial charge in [0.2, 0.25) is 0 Å². The number of nitrogens with zero attached hydrogens (tertiary/aromatic N) is 1. The summed E-state index contributed by atoms with van der Waals surface area (Å²) in [6.07, 6.45) is 2.48. The number of unbranched alkanes of at least 4 members (excludes halogenated alkanes) is 1. The number of aromatic nitrogens is 1. The minimum absolute atomic E-state index is 0.0931. The number of rotatable bonds is 11. The van der Waals surface area contributed by atoms with E-state index in [0.717, 1.165) is 16.3 Å². The molecule has 0 fully saturated rings. The maximum absolute atomic E-state index is 12.5. The highest BCUT2D eigenvalue weighted by atomic mass is 32.2. The van der Waals surface area contributed by atoms with E-state index in [1.54, 1.807) is 5.38 Å². The van der Waals surface area contributed by atoms with Crippen molar-refractivity contribution in [3.8, 4) is 0 Å². The lowest BCUT2D eigenvalue weighted by atomic mass is 10.3. The summed E-state index contributed by atoms with van der Waals surface area (Å²) in [7, 11) is 1.34. The first-order valence-corrected chi connectivity index (χ1v) is 12.6. The third-order valence-corrected chi connectivity index (χ3v) is 7.36. The van der Waals surface area contributed by atoms with Crippen molar-refractivity contribution in [2.24, 2.45) is 0 Å². The molecule has 1 amide bonds. The second kappa shape index (κ2) is 11.9. The maximum Gasteiger partial charge on any atom is 0.311 e. The number of hydrogen-bond acceptors (Lipinski definition) is 8. The molecule has 0 atom stereocenters. The van der Waals surface area contributed by atoms with Gasteiger partial charge < -0.3 is 10.1 Å². The van der Waals surface area contributed by atoms with Gasteiger partial charge in [0.25, 0.3) is 5.91 Å². The summed E-state index contributed by atoms with van der Waals surface area (Å²) in [5, 5.41) is 8.50. The Morgan fingerprint density at radius 3 is 2.84 bits per heavy atom. The summed E-state index contributed by atoms with van der Waals surface area (Å²) in [5.41, 5.74) is 1.70. The molecule has 0 unspecified atom stereocenters. The molecule has 1 aromatic carbocycles.